The molecule has 5 rings (SSSR count). The van der Waals surface area contributed by atoms with Crippen molar-refractivity contribution in [2.45, 2.75) is 29.6 Å². The molecule has 0 bridgehead atoms. The van der Waals surface area contributed by atoms with E-state index in [1.54, 1.807) is 12.1 Å². The maximum absolute atomic E-state index is 12.9. The highest BCUT2D eigenvalue weighted by molar-refractivity contribution is 7.89. The molecule has 14 heteroatoms. The Bertz CT molecular complexity index is 1500. The first-order valence-corrected chi connectivity index (χ1v) is 10.7. The van der Waals surface area contributed by atoms with Crippen LogP contribution in [0, 0.1) is 0 Å². The van der Waals surface area contributed by atoms with E-state index in [2.05, 4.69) is 19.7 Å². The zero-order chi connectivity index (χ0) is 22.6. The van der Waals surface area contributed by atoms with Gasteiger partial charge in [-0.05, 0) is 12.1 Å². The Labute approximate surface area is 179 Å². The fraction of sp³-hybridized carbons (Fsp3) is 0.222. The van der Waals surface area contributed by atoms with E-state index >= 15 is 0 Å². The molecule has 0 radical (unpaired) electrons. The Morgan fingerprint density at radius 1 is 1.12 bits per heavy atom. The highest BCUT2D eigenvalue weighted by atomic mass is 32.2. The number of aromatic nitrogens is 4. The van der Waals surface area contributed by atoms with Gasteiger partial charge in [0.15, 0.2) is 28.8 Å². The van der Waals surface area contributed by atoms with Gasteiger partial charge in [-0.25, -0.2) is 23.4 Å². The molecule has 4 aromatic rings. The lowest BCUT2D eigenvalue weighted by molar-refractivity contribution is -0.0378. The molecule has 166 valence electrons. The van der Waals surface area contributed by atoms with Gasteiger partial charge in [0.2, 0.25) is 15.5 Å². The van der Waals surface area contributed by atoms with Gasteiger partial charge in [0.05, 0.1) is 11.7 Å². The molecular formula is C18H16N6O7S. The Morgan fingerprint density at radius 3 is 2.72 bits per heavy atom. The zero-order valence-corrected chi connectivity index (χ0v) is 16.9. The fourth-order valence-corrected chi connectivity index (χ4v) is 4.66. The van der Waals surface area contributed by atoms with Gasteiger partial charge in [-0.2, -0.15) is 4.72 Å². The van der Waals surface area contributed by atoms with E-state index in [-0.39, 0.29) is 28.0 Å². The molecule has 13 nitrogen and oxygen atoms in total. The van der Waals surface area contributed by atoms with Crippen LogP contribution in [-0.4, -0.2) is 56.6 Å². The van der Waals surface area contributed by atoms with Crippen LogP contribution in [0.4, 0.5) is 5.82 Å². The monoisotopic (exact) mass is 460 g/mol. The van der Waals surface area contributed by atoms with Gasteiger partial charge in [-0.15, -0.1) is 0 Å². The van der Waals surface area contributed by atoms with Gasteiger partial charge in [0, 0.05) is 0 Å². The topological polar surface area (TPSA) is 196 Å². The summed E-state index contributed by atoms with van der Waals surface area (Å²) in [6.45, 7) is 0. The maximum atomic E-state index is 12.9. The quantitative estimate of drug-likeness (QED) is 0.294. The van der Waals surface area contributed by atoms with E-state index in [9.17, 15) is 23.4 Å². The number of aliphatic hydroxyl groups is 2. The Kier molecular flexibility index (Phi) is 4.68. The van der Waals surface area contributed by atoms with Crippen LogP contribution < -0.4 is 15.9 Å². The number of hydrogen-bond acceptors (Lipinski definition) is 11. The molecule has 1 saturated heterocycles. The molecule has 1 aliphatic heterocycles. The number of nitrogen functional groups attached to an aromatic ring is 1. The second-order valence-corrected chi connectivity index (χ2v) is 8.74. The number of ether oxygens (including phenoxy) is 1. The Balaban J connectivity index is 1.46. The molecule has 0 spiro atoms. The predicted octanol–water partition coefficient (Wildman–Crippen LogP) is -0.930. The maximum Gasteiger partial charge on any atom is 0.249 e. The Morgan fingerprint density at radius 2 is 1.91 bits per heavy atom. The molecule has 3 aromatic heterocycles. The normalized spacial score (nSPS) is 23.8. The lowest BCUT2D eigenvalue weighted by Gasteiger charge is -2.16. The molecule has 32 heavy (non-hydrogen) atoms. The number of hydrogen-bond donors (Lipinski definition) is 4. The average molecular weight is 460 g/mol. The number of fused-ring (bicyclic) bond motifs is 2. The lowest BCUT2D eigenvalue weighted by atomic mass is 10.2. The fourth-order valence-electron chi connectivity index (χ4n) is 3.50. The smallest absolute Gasteiger partial charge is 0.249 e. The van der Waals surface area contributed by atoms with Gasteiger partial charge < -0.3 is 25.1 Å². The van der Waals surface area contributed by atoms with E-state index in [4.69, 9.17) is 14.9 Å². The molecule has 4 atom stereocenters. The molecule has 1 aliphatic rings. The molecule has 0 saturated carbocycles. The first kappa shape index (κ1) is 20.5. The van der Waals surface area contributed by atoms with Crippen LogP contribution in [0.2, 0.25) is 0 Å². The van der Waals surface area contributed by atoms with Crippen LogP contribution in [-0.2, 0) is 14.8 Å². The van der Waals surface area contributed by atoms with Crippen molar-refractivity contribution < 1.29 is 27.8 Å². The van der Waals surface area contributed by atoms with Crippen molar-refractivity contribution in [2.24, 2.45) is 0 Å². The lowest BCUT2D eigenvalue weighted by Crippen LogP contribution is -2.44. The highest BCUT2D eigenvalue weighted by Gasteiger charge is 2.46. The van der Waals surface area contributed by atoms with Crippen molar-refractivity contribution in [1.29, 1.82) is 0 Å². The molecule has 0 aliphatic carbocycles. The SMILES string of the molecule is Nc1ncnc2c1ncn2[C@@H]1OC(NS(=O)(=O)c2coc3ccccc3c2=O)[C@H](O)[C@@H]1O. The largest absolute Gasteiger partial charge is 0.463 e. The number of aliphatic hydroxyl groups excluding tert-OH is 2. The van der Waals surface area contributed by atoms with Crippen molar-refractivity contribution in [2.75, 3.05) is 5.73 Å². The molecule has 1 unspecified atom stereocenters. The summed E-state index contributed by atoms with van der Waals surface area (Å²) in [6, 6.07) is 6.16. The van der Waals surface area contributed by atoms with Crippen molar-refractivity contribution in [3.63, 3.8) is 0 Å². The summed E-state index contributed by atoms with van der Waals surface area (Å²) in [5.74, 6) is 0.0991. The van der Waals surface area contributed by atoms with E-state index in [1.807, 2.05) is 0 Å². The third-order valence-electron chi connectivity index (χ3n) is 5.11. The van der Waals surface area contributed by atoms with Crippen molar-refractivity contribution in [3.05, 3.63) is 53.4 Å². The zero-order valence-electron chi connectivity index (χ0n) is 16.1. The molecule has 1 fully saturated rings. The number of nitrogens with two attached hydrogens (primary N) is 1. The number of rotatable bonds is 4. The summed E-state index contributed by atoms with van der Waals surface area (Å²) >= 11 is 0. The van der Waals surface area contributed by atoms with E-state index < -0.39 is 45.0 Å². The van der Waals surface area contributed by atoms with Gasteiger partial charge in [-0.1, -0.05) is 12.1 Å². The number of imidazole rings is 1. The van der Waals surface area contributed by atoms with Crippen molar-refractivity contribution >= 4 is 38.0 Å². The second-order valence-electron chi connectivity index (χ2n) is 7.06. The minimum absolute atomic E-state index is 0.0725. The van der Waals surface area contributed by atoms with Crippen LogP contribution >= 0.6 is 0 Å². The van der Waals surface area contributed by atoms with Gasteiger partial charge in [-0.3, -0.25) is 9.36 Å². The van der Waals surface area contributed by atoms with Crippen molar-refractivity contribution in [1.82, 2.24) is 24.2 Å². The van der Waals surface area contributed by atoms with E-state index in [0.717, 1.165) is 6.26 Å². The number of nitrogens with zero attached hydrogens (tertiary/aromatic N) is 4. The van der Waals surface area contributed by atoms with Crippen LogP contribution in [0.3, 0.4) is 0 Å². The van der Waals surface area contributed by atoms with Crippen LogP contribution in [0.5, 0.6) is 0 Å². The number of para-hydroxylation sites is 1. The summed E-state index contributed by atoms with van der Waals surface area (Å²) in [4.78, 5) is 23.9. The molecule has 0 amide bonds. The van der Waals surface area contributed by atoms with Gasteiger partial charge in [0.1, 0.15) is 35.9 Å². The summed E-state index contributed by atoms with van der Waals surface area (Å²) in [7, 11) is -4.49. The number of sulfonamides is 1. The number of benzene rings is 1. The predicted molar refractivity (Wildman–Crippen MR) is 108 cm³/mol. The third-order valence-corrected chi connectivity index (χ3v) is 6.51. The molecule has 4 heterocycles. The minimum atomic E-state index is -4.49. The first-order valence-electron chi connectivity index (χ1n) is 9.25. The third kappa shape index (κ3) is 3.12. The van der Waals surface area contributed by atoms with Crippen LogP contribution in [0.15, 0.2) is 57.3 Å². The summed E-state index contributed by atoms with van der Waals surface area (Å²) in [6.07, 6.45) is -2.78. The summed E-state index contributed by atoms with van der Waals surface area (Å²) < 4.78 is 39.9. The standard InChI is InChI=1S/C18H16N6O7S/c19-15-11-16(21-6-20-15)24(7-22-11)18-14(27)13(26)17(31-18)23-32(28,29)10-5-30-9-4-2-1-3-8(9)12(10)25/h1-7,13-14,17-18,23,26-27H,(H2,19,20,21)/t13-,14+,17?,18-/m1/s1. The molecule has 1 aromatic carbocycles. The van der Waals surface area contributed by atoms with Gasteiger partial charge >= 0.3 is 0 Å². The molecular weight excluding hydrogens is 444 g/mol. The van der Waals surface area contributed by atoms with Crippen LogP contribution in [0.1, 0.15) is 6.23 Å². The number of anilines is 1. The van der Waals surface area contributed by atoms with E-state index in [1.165, 1.54) is 29.4 Å². The van der Waals surface area contributed by atoms with Crippen LogP contribution in [0.25, 0.3) is 22.1 Å². The highest BCUT2D eigenvalue weighted by Crippen LogP contribution is 2.31. The second kappa shape index (κ2) is 7.32. The number of nitrogens with one attached hydrogen (secondary N) is 1. The van der Waals surface area contributed by atoms with E-state index in [0.29, 0.717) is 0 Å². The summed E-state index contributed by atoms with van der Waals surface area (Å²) in [5.41, 5.74) is 5.65. The molecule has 5 N–H and O–H groups in total. The van der Waals surface area contributed by atoms with Gasteiger partial charge in [0.25, 0.3) is 0 Å². The summed E-state index contributed by atoms with van der Waals surface area (Å²) in [5, 5.41) is 21.0. The Hall–Kier alpha value is -3.43. The first-order chi connectivity index (χ1) is 15.3. The average Bonchev–Trinajstić information content (AvgIpc) is 3.31. The van der Waals surface area contributed by atoms with Crippen molar-refractivity contribution in [3.8, 4) is 0 Å². The minimum Gasteiger partial charge on any atom is -0.463 e.